The summed E-state index contributed by atoms with van der Waals surface area (Å²) < 4.78 is 62.2. The highest BCUT2D eigenvalue weighted by Gasteiger charge is 2.50. The molecule has 2 aromatic rings. The molecule has 2 unspecified atom stereocenters. The highest BCUT2D eigenvalue weighted by Crippen LogP contribution is 2.61. The fourth-order valence-corrected chi connectivity index (χ4v) is 8.57. The summed E-state index contributed by atoms with van der Waals surface area (Å²) in [7, 11) is -16.4. The second kappa shape index (κ2) is 22.8. The van der Waals surface area contributed by atoms with Gasteiger partial charge in [0.1, 0.15) is 36.3 Å². The summed E-state index contributed by atoms with van der Waals surface area (Å²) in [5, 5.41) is 26.3. The van der Waals surface area contributed by atoms with Gasteiger partial charge in [0, 0.05) is 30.7 Å². The number of nitrogen functional groups attached to an aromatic ring is 1. The van der Waals surface area contributed by atoms with Crippen molar-refractivity contribution in [2.75, 3.05) is 37.8 Å². The number of aliphatic hydroxyl groups is 2. The van der Waals surface area contributed by atoms with Crippen LogP contribution < -0.4 is 16.4 Å². The summed E-state index contributed by atoms with van der Waals surface area (Å²) in [5.74, 6) is -1.13. The summed E-state index contributed by atoms with van der Waals surface area (Å²) in [6, 6.07) is 0. The van der Waals surface area contributed by atoms with E-state index in [4.69, 9.17) is 19.5 Å². The number of hydrogen-bond acceptors (Lipinski definition) is 18. The zero-order valence-corrected chi connectivity index (χ0v) is 35.7. The van der Waals surface area contributed by atoms with Crippen LogP contribution in [0.4, 0.5) is 5.82 Å². The number of thioether (sulfide) groups is 1. The van der Waals surface area contributed by atoms with Gasteiger partial charge < -0.3 is 50.9 Å². The van der Waals surface area contributed by atoms with Gasteiger partial charge in [0.05, 0.1) is 19.5 Å². The molecule has 0 spiro atoms. The van der Waals surface area contributed by atoms with Crippen LogP contribution >= 0.6 is 35.2 Å². The zero-order chi connectivity index (χ0) is 44.0. The molecule has 7 atom stereocenters. The number of rotatable bonds is 25. The van der Waals surface area contributed by atoms with Gasteiger partial charge in [-0.2, -0.15) is 4.31 Å². The molecule has 28 heteroatoms. The molecule has 0 aliphatic carbocycles. The lowest BCUT2D eigenvalue weighted by Gasteiger charge is -2.30. The second-order valence-corrected chi connectivity index (χ2v) is 18.8. The number of phosphoric ester groups is 3. The third kappa shape index (κ3) is 16.8. The predicted molar refractivity (Wildman–Crippen MR) is 210 cm³/mol. The lowest BCUT2D eigenvalue weighted by Crippen LogP contribution is -2.46. The number of anilines is 1. The van der Waals surface area contributed by atoms with E-state index in [9.17, 15) is 57.9 Å². The van der Waals surface area contributed by atoms with Gasteiger partial charge in [0.2, 0.25) is 16.9 Å². The summed E-state index contributed by atoms with van der Waals surface area (Å²) >= 11 is 1.04. The van der Waals surface area contributed by atoms with E-state index in [0.29, 0.717) is 5.75 Å². The average Bonchev–Trinajstić information content (AvgIpc) is 3.71. The first-order chi connectivity index (χ1) is 27.6. The van der Waals surface area contributed by atoms with Crippen LogP contribution in [0.15, 0.2) is 37.0 Å². The molecule has 24 nitrogen and oxygen atoms in total. The third-order valence-corrected chi connectivity index (χ3v) is 12.1. The molecule has 0 bridgehead atoms. The molecular formula is C31H50N7O17P3S. The summed E-state index contributed by atoms with van der Waals surface area (Å²) in [5.41, 5.74) is 4.26. The third-order valence-electron chi connectivity index (χ3n) is 8.14. The number of phosphoric acid groups is 3. The van der Waals surface area contributed by atoms with Crippen molar-refractivity contribution >= 4 is 69.1 Å². The molecule has 3 rings (SSSR count). The first kappa shape index (κ1) is 50.4. The molecular weight excluding hydrogens is 867 g/mol. The Morgan fingerprint density at radius 3 is 2.42 bits per heavy atom. The smallest absolute Gasteiger partial charge is 0.386 e. The standard InChI is InChI=1S/C31H50N7O17P3S/c1-4-5-6-7-8-9-10-11-22(40)59-15-14-33-21(39)12-13-34-29(43)26(42)31(2,3)17-52-58(49,50)55-57(47,48)51-16-20-25(54-56(44,45)46)24(41)30(53-20)38-19-37-23-27(32)35-18-36-28(23)38/h5-6,10-11,18-20,24-26,30,41-42H,4,7-9,12-17H2,1-3H3,(H,33,39)(H,34,43)(H,47,48)(H,49,50)(H2,32,35,36)(H2,44,45,46)/b6-5-,11-10+/t20-,24-,25-,26+,30-/m1/s1. The number of allylic oxidation sites excluding steroid dienone is 3. The second-order valence-electron chi connectivity index (χ2n) is 13.4. The Balaban J connectivity index is 1.43. The Bertz CT molecular complexity index is 1950. The van der Waals surface area contributed by atoms with Crippen LogP contribution in [0.25, 0.3) is 11.2 Å². The molecule has 0 radical (unpaired) electrons. The van der Waals surface area contributed by atoms with Crippen molar-refractivity contribution in [3.63, 3.8) is 0 Å². The van der Waals surface area contributed by atoms with Gasteiger partial charge in [-0.05, 0) is 31.8 Å². The fourth-order valence-electron chi connectivity index (χ4n) is 5.15. The Morgan fingerprint density at radius 2 is 1.73 bits per heavy atom. The lowest BCUT2D eigenvalue weighted by atomic mass is 9.87. The topological polar surface area (TPSA) is 364 Å². The van der Waals surface area contributed by atoms with E-state index >= 15 is 0 Å². The highest BCUT2D eigenvalue weighted by atomic mass is 32.2. The summed E-state index contributed by atoms with van der Waals surface area (Å²) in [6.07, 6.45) is 4.21. The van der Waals surface area contributed by atoms with E-state index in [1.807, 2.05) is 6.08 Å². The number of imidazole rings is 1. The van der Waals surface area contributed by atoms with Crippen LogP contribution in [0.5, 0.6) is 0 Å². The number of amides is 2. The number of unbranched alkanes of at least 4 members (excludes halogenated alkanes) is 2. The minimum Gasteiger partial charge on any atom is -0.386 e. The number of hydrogen-bond donors (Lipinski definition) is 9. The molecule has 59 heavy (non-hydrogen) atoms. The summed E-state index contributed by atoms with van der Waals surface area (Å²) in [4.78, 5) is 87.7. The van der Waals surface area contributed by atoms with Gasteiger partial charge in [-0.15, -0.1) is 0 Å². The monoisotopic (exact) mass is 917 g/mol. The Morgan fingerprint density at radius 1 is 1.03 bits per heavy atom. The average molecular weight is 918 g/mol. The predicted octanol–water partition coefficient (Wildman–Crippen LogP) is 1.36. The zero-order valence-electron chi connectivity index (χ0n) is 32.2. The first-order valence-corrected chi connectivity index (χ1v) is 23.4. The SMILES string of the molecule is CC/C=C\CCC/C=C/C(=O)SCCNC(=O)CCNC(=O)[C@H](O)C(C)(C)COP(=O)(O)OP(=O)(O)OC[C@H]1O[C@@H](n2cnc3c(N)ncnc32)[C@H](O)[C@@H]1OP(=O)(O)O. The van der Waals surface area contributed by atoms with E-state index < -0.39 is 84.6 Å². The maximum atomic E-state index is 12.7. The minimum absolute atomic E-state index is 0.0303. The number of fused-ring (bicyclic) bond motifs is 1. The van der Waals surface area contributed by atoms with Crippen molar-refractivity contribution in [2.24, 2.45) is 5.41 Å². The molecule has 2 aromatic heterocycles. The van der Waals surface area contributed by atoms with Crippen LogP contribution in [0, 0.1) is 5.41 Å². The number of carbonyl (C=O) groups excluding carboxylic acids is 3. The minimum atomic E-state index is -5.57. The molecule has 3 heterocycles. The maximum Gasteiger partial charge on any atom is 0.481 e. The van der Waals surface area contributed by atoms with Gasteiger partial charge in [0.25, 0.3) is 0 Å². The fraction of sp³-hybridized carbons (Fsp3) is 0.613. The number of nitrogens with zero attached hydrogens (tertiary/aromatic N) is 4. The number of nitrogens with one attached hydrogen (secondary N) is 2. The number of nitrogens with two attached hydrogens (primary N) is 1. The first-order valence-electron chi connectivity index (χ1n) is 17.9. The van der Waals surface area contributed by atoms with Crippen LogP contribution in [-0.2, 0) is 50.7 Å². The van der Waals surface area contributed by atoms with Crippen molar-refractivity contribution < 1.29 is 80.5 Å². The van der Waals surface area contributed by atoms with Gasteiger partial charge >= 0.3 is 23.5 Å². The van der Waals surface area contributed by atoms with Crippen LogP contribution in [0.3, 0.4) is 0 Å². The number of aliphatic hydroxyl groups excluding tert-OH is 2. The van der Waals surface area contributed by atoms with E-state index in [2.05, 4.69) is 53.5 Å². The molecule has 0 aromatic carbocycles. The quantitative estimate of drug-likeness (QED) is 0.0294. The molecule has 1 aliphatic heterocycles. The van der Waals surface area contributed by atoms with Crippen LogP contribution in [0.2, 0.25) is 0 Å². The van der Waals surface area contributed by atoms with Crippen molar-refractivity contribution in [1.29, 1.82) is 0 Å². The molecule has 1 saturated heterocycles. The van der Waals surface area contributed by atoms with Crippen molar-refractivity contribution in [3.8, 4) is 0 Å². The van der Waals surface area contributed by atoms with Gasteiger partial charge in [0.15, 0.2) is 17.7 Å². The van der Waals surface area contributed by atoms with Crippen LogP contribution in [0.1, 0.15) is 59.1 Å². The lowest BCUT2D eigenvalue weighted by molar-refractivity contribution is -0.137. The Hall–Kier alpha value is -2.96. The molecule has 332 valence electrons. The van der Waals surface area contributed by atoms with Gasteiger partial charge in [-0.1, -0.05) is 50.8 Å². The van der Waals surface area contributed by atoms with Crippen molar-refractivity contribution in [3.05, 3.63) is 37.0 Å². The Kier molecular flexibility index (Phi) is 19.4. The number of carbonyl (C=O) groups is 3. The van der Waals surface area contributed by atoms with E-state index in [1.165, 1.54) is 19.9 Å². The van der Waals surface area contributed by atoms with Crippen molar-refractivity contribution in [2.45, 2.75) is 83.5 Å². The molecule has 1 aliphatic rings. The van der Waals surface area contributed by atoms with Crippen LogP contribution in [-0.4, -0.2) is 123 Å². The van der Waals surface area contributed by atoms with E-state index in [-0.39, 0.29) is 41.6 Å². The molecule has 1 fully saturated rings. The van der Waals surface area contributed by atoms with E-state index in [1.54, 1.807) is 0 Å². The number of ether oxygens (including phenoxy) is 1. The molecule has 10 N–H and O–H groups in total. The summed E-state index contributed by atoms with van der Waals surface area (Å²) in [6.45, 7) is 2.54. The van der Waals surface area contributed by atoms with Crippen molar-refractivity contribution in [1.82, 2.24) is 30.2 Å². The Labute approximate surface area is 342 Å². The number of aromatic nitrogens is 4. The van der Waals surface area contributed by atoms with Gasteiger partial charge in [-0.3, -0.25) is 32.5 Å². The molecule has 2 amide bonds. The highest BCUT2D eigenvalue weighted by molar-refractivity contribution is 8.14. The van der Waals surface area contributed by atoms with Gasteiger partial charge in [-0.25, -0.2) is 28.6 Å². The van der Waals surface area contributed by atoms with E-state index in [0.717, 1.165) is 54.7 Å². The normalized spacial score (nSPS) is 21.4. The largest absolute Gasteiger partial charge is 0.481 e. The molecule has 0 saturated carbocycles. The maximum absolute atomic E-state index is 12.7.